The van der Waals surface area contributed by atoms with Gasteiger partial charge in [-0.2, -0.15) is 0 Å². The lowest BCUT2D eigenvalue weighted by Crippen LogP contribution is -2.43. The largest absolute Gasteiger partial charge is 0.392 e. The molecule has 1 fully saturated rings. The lowest BCUT2D eigenvalue weighted by atomic mass is 10.2. The number of carbonyl (C=O) groups excluding carboxylic acids is 1. The van der Waals surface area contributed by atoms with Crippen LogP contribution in [0.25, 0.3) is 0 Å². The van der Waals surface area contributed by atoms with Crippen molar-refractivity contribution in [1.29, 1.82) is 0 Å². The average Bonchev–Trinajstić information content (AvgIpc) is 2.77. The second-order valence-corrected chi connectivity index (χ2v) is 4.69. The fraction of sp³-hybridized carbons (Fsp3) is 0.417. The van der Waals surface area contributed by atoms with E-state index in [0.717, 1.165) is 18.5 Å². The normalized spacial score (nSPS) is 19.4. The van der Waals surface area contributed by atoms with E-state index < -0.39 is 0 Å². The summed E-state index contributed by atoms with van der Waals surface area (Å²) < 4.78 is 0. The molecule has 4 nitrogen and oxygen atoms in total. The molecule has 90 valence electrons. The van der Waals surface area contributed by atoms with Gasteiger partial charge in [0.2, 0.25) is 0 Å². The third kappa shape index (κ3) is 2.44. The van der Waals surface area contributed by atoms with Crippen molar-refractivity contribution >= 4 is 23.1 Å². The van der Waals surface area contributed by atoms with Crippen LogP contribution in [0.5, 0.6) is 0 Å². The molecule has 1 aromatic rings. The van der Waals surface area contributed by atoms with Gasteiger partial charge >= 0.3 is 0 Å². The molecule has 0 aromatic carbocycles. The van der Waals surface area contributed by atoms with Crippen molar-refractivity contribution in [2.75, 3.05) is 6.54 Å². The van der Waals surface area contributed by atoms with Crippen molar-refractivity contribution in [3.05, 3.63) is 29.6 Å². The molecule has 2 N–H and O–H groups in total. The average molecular weight is 249 g/mol. The minimum absolute atomic E-state index is 0.0796. The number of rotatable bonds is 2. The first kappa shape index (κ1) is 12.0. The molecule has 0 radical (unpaired) electrons. The summed E-state index contributed by atoms with van der Waals surface area (Å²) in [5.74, 6) is -0.0796. The van der Waals surface area contributed by atoms with Gasteiger partial charge in [-0.1, -0.05) is 18.3 Å². The number of nitrogens with zero attached hydrogens (tertiary/aromatic N) is 2. The summed E-state index contributed by atoms with van der Waals surface area (Å²) in [6.45, 7) is 2.57. The van der Waals surface area contributed by atoms with Gasteiger partial charge in [0.15, 0.2) is 0 Å². The van der Waals surface area contributed by atoms with E-state index in [1.807, 2.05) is 19.1 Å². The van der Waals surface area contributed by atoms with Crippen molar-refractivity contribution in [2.24, 2.45) is 5.73 Å². The number of pyridine rings is 1. The third-order valence-corrected chi connectivity index (χ3v) is 3.22. The van der Waals surface area contributed by atoms with Crippen LogP contribution in [0.3, 0.4) is 0 Å². The molecule has 1 aromatic heterocycles. The van der Waals surface area contributed by atoms with E-state index in [9.17, 15) is 4.79 Å². The summed E-state index contributed by atoms with van der Waals surface area (Å²) in [5.41, 5.74) is 6.95. The Morgan fingerprint density at radius 2 is 2.35 bits per heavy atom. The van der Waals surface area contributed by atoms with Crippen LogP contribution in [-0.2, 0) is 0 Å². The summed E-state index contributed by atoms with van der Waals surface area (Å²) in [5, 5.41) is 0. The first-order chi connectivity index (χ1) is 8.09. The van der Waals surface area contributed by atoms with E-state index in [1.54, 1.807) is 11.0 Å². The second-order valence-electron chi connectivity index (χ2n) is 4.22. The van der Waals surface area contributed by atoms with Crippen LogP contribution in [0, 0.1) is 6.92 Å². The Morgan fingerprint density at radius 3 is 3.00 bits per heavy atom. The van der Waals surface area contributed by atoms with Crippen LogP contribution in [0.1, 0.15) is 29.0 Å². The zero-order valence-corrected chi connectivity index (χ0v) is 10.5. The van der Waals surface area contributed by atoms with Gasteiger partial charge in [0, 0.05) is 12.2 Å². The molecule has 0 aliphatic carbocycles. The zero-order chi connectivity index (χ0) is 12.4. The molecule has 0 spiro atoms. The Labute approximate surface area is 106 Å². The molecule has 2 heterocycles. The Balaban J connectivity index is 2.23. The highest BCUT2D eigenvalue weighted by Gasteiger charge is 2.31. The number of hydrogen-bond acceptors (Lipinski definition) is 3. The molecule has 5 heteroatoms. The van der Waals surface area contributed by atoms with Gasteiger partial charge < -0.3 is 10.6 Å². The topological polar surface area (TPSA) is 59.2 Å². The SMILES string of the molecule is Cc1cccc(C(=O)N2CCCC2C(N)=S)n1. The molecule has 2 rings (SSSR count). The van der Waals surface area contributed by atoms with Crippen LogP contribution in [0.2, 0.25) is 0 Å². The number of likely N-dealkylation sites (tertiary alicyclic amines) is 1. The van der Waals surface area contributed by atoms with Gasteiger partial charge in [-0.3, -0.25) is 4.79 Å². The maximum atomic E-state index is 12.3. The van der Waals surface area contributed by atoms with E-state index in [0.29, 0.717) is 17.2 Å². The van der Waals surface area contributed by atoms with E-state index in [2.05, 4.69) is 4.98 Å². The number of hydrogen-bond donors (Lipinski definition) is 1. The quantitative estimate of drug-likeness (QED) is 0.802. The van der Waals surface area contributed by atoms with Gasteiger partial charge in [0.1, 0.15) is 5.69 Å². The summed E-state index contributed by atoms with van der Waals surface area (Å²) in [6, 6.07) is 5.32. The highest BCUT2D eigenvalue weighted by molar-refractivity contribution is 7.80. The monoisotopic (exact) mass is 249 g/mol. The van der Waals surface area contributed by atoms with Gasteiger partial charge in [0.25, 0.3) is 5.91 Å². The molecule has 17 heavy (non-hydrogen) atoms. The Kier molecular flexibility index (Phi) is 3.38. The minimum atomic E-state index is -0.111. The van der Waals surface area contributed by atoms with Crippen molar-refractivity contribution < 1.29 is 4.79 Å². The summed E-state index contributed by atoms with van der Waals surface area (Å²) in [4.78, 5) is 18.6. The number of aryl methyl sites for hydroxylation is 1. The number of nitrogens with two attached hydrogens (primary N) is 1. The molecule has 1 saturated heterocycles. The van der Waals surface area contributed by atoms with Gasteiger partial charge in [-0.25, -0.2) is 4.98 Å². The highest BCUT2D eigenvalue weighted by Crippen LogP contribution is 2.19. The van der Waals surface area contributed by atoms with Gasteiger partial charge in [0.05, 0.1) is 11.0 Å². The maximum Gasteiger partial charge on any atom is 0.273 e. The highest BCUT2D eigenvalue weighted by atomic mass is 32.1. The summed E-state index contributed by atoms with van der Waals surface area (Å²) >= 11 is 4.99. The van der Waals surface area contributed by atoms with Crippen LogP contribution in [0.4, 0.5) is 0 Å². The van der Waals surface area contributed by atoms with E-state index in [4.69, 9.17) is 18.0 Å². The molecular weight excluding hydrogens is 234 g/mol. The Morgan fingerprint density at radius 1 is 1.59 bits per heavy atom. The van der Waals surface area contributed by atoms with Crippen molar-refractivity contribution in [2.45, 2.75) is 25.8 Å². The number of aromatic nitrogens is 1. The first-order valence-corrected chi connectivity index (χ1v) is 6.04. The zero-order valence-electron chi connectivity index (χ0n) is 9.72. The smallest absolute Gasteiger partial charge is 0.273 e. The van der Waals surface area contributed by atoms with Crippen LogP contribution in [-0.4, -0.2) is 33.4 Å². The molecule has 0 saturated carbocycles. The Hall–Kier alpha value is -1.49. The second kappa shape index (κ2) is 4.79. The van der Waals surface area contributed by atoms with Crippen molar-refractivity contribution in [3.63, 3.8) is 0 Å². The van der Waals surface area contributed by atoms with Crippen LogP contribution < -0.4 is 5.73 Å². The molecule has 1 atom stereocenters. The number of amides is 1. The number of carbonyl (C=O) groups is 1. The first-order valence-electron chi connectivity index (χ1n) is 5.63. The third-order valence-electron chi connectivity index (χ3n) is 2.95. The van der Waals surface area contributed by atoms with E-state index in [1.165, 1.54) is 0 Å². The minimum Gasteiger partial charge on any atom is -0.392 e. The van der Waals surface area contributed by atoms with Crippen LogP contribution >= 0.6 is 12.2 Å². The lowest BCUT2D eigenvalue weighted by Gasteiger charge is -2.23. The summed E-state index contributed by atoms with van der Waals surface area (Å²) in [6.07, 6.45) is 1.80. The standard InChI is InChI=1S/C12H15N3OS/c1-8-4-2-5-9(14-8)12(16)15-7-3-6-10(15)11(13)17/h2,4-5,10H,3,6-7H2,1H3,(H2,13,17). The van der Waals surface area contributed by atoms with Gasteiger partial charge in [-0.05, 0) is 31.9 Å². The van der Waals surface area contributed by atoms with E-state index in [-0.39, 0.29) is 11.9 Å². The van der Waals surface area contributed by atoms with E-state index >= 15 is 0 Å². The Bertz CT molecular complexity index is 461. The predicted molar refractivity (Wildman–Crippen MR) is 69.8 cm³/mol. The summed E-state index contributed by atoms with van der Waals surface area (Å²) in [7, 11) is 0. The maximum absolute atomic E-state index is 12.3. The molecular formula is C12H15N3OS. The fourth-order valence-electron chi connectivity index (χ4n) is 2.11. The predicted octanol–water partition coefficient (Wildman–Crippen LogP) is 1.28. The molecule has 0 bridgehead atoms. The molecule has 1 unspecified atom stereocenters. The molecule has 1 amide bonds. The lowest BCUT2D eigenvalue weighted by molar-refractivity contribution is 0.0764. The van der Waals surface area contributed by atoms with Gasteiger partial charge in [-0.15, -0.1) is 0 Å². The van der Waals surface area contributed by atoms with Crippen molar-refractivity contribution in [3.8, 4) is 0 Å². The van der Waals surface area contributed by atoms with Crippen LogP contribution in [0.15, 0.2) is 18.2 Å². The molecule has 1 aliphatic heterocycles. The number of thiocarbonyl (C=S) groups is 1. The fourth-order valence-corrected chi connectivity index (χ4v) is 2.36. The van der Waals surface area contributed by atoms with Crippen molar-refractivity contribution in [1.82, 2.24) is 9.88 Å². The molecule has 1 aliphatic rings.